The average molecular weight is 627 g/mol. The predicted molar refractivity (Wildman–Crippen MR) is 177 cm³/mol. The molecule has 244 valence electrons. The van der Waals surface area contributed by atoms with Crippen LogP contribution in [0.15, 0.2) is 48.9 Å². The lowest BCUT2D eigenvalue weighted by Crippen LogP contribution is -2.34. The fourth-order valence-electron chi connectivity index (χ4n) is 7.00. The summed E-state index contributed by atoms with van der Waals surface area (Å²) in [6.45, 7) is 10.9. The van der Waals surface area contributed by atoms with Crippen LogP contribution in [0.5, 0.6) is 0 Å². The lowest BCUT2D eigenvalue weighted by molar-refractivity contribution is -0.160. The second-order valence-corrected chi connectivity index (χ2v) is 14.8. The van der Waals surface area contributed by atoms with Gasteiger partial charge < -0.3 is 29.0 Å². The van der Waals surface area contributed by atoms with Crippen molar-refractivity contribution in [3.8, 4) is 0 Å². The number of pyridine rings is 1. The van der Waals surface area contributed by atoms with E-state index in [0.29, 0.717) is 12.5 Å². The molecule has 1 aliphatic heterocycles. The number of carbonyl (C=O) groups excluding carboxylic acids is 1. The lowest BCUT2D eigenvalue weighted by Gasteiger charge is -2.25. The summed E-state index contributed by atoms with van der Waals surface area (Å²) in [5.41, 5.74) is 3.38. The van der Waals surface area contributed by atoms with E-state index in [-0.39, 0.29) is 24.3 Å². The Hall–Kier alpha value is -3.76. The third-order valence-corrected chi connectivity index (χ3v) is 9.42. The van der Waals surface area contributed by atoms with E-state index in [4.69, 9.17) is 24.2 Å². The number of ether oxygens (including phenoxy) is 3. The van der Waals surface area contributed by atoms with Crippen LogP contribution in [0.3, 0.4) is 0 Å². The topological polar surface area (TPSA) is 104 Å². The lowest BCUT2D eigenvalue weighted by atomic mass is 9.95. The van der Waals surface area contributed by atoms with Crippen molar-refractivity contribution in [1.82, 2.24) is 24.4 Å². The van der Waals surface area contributed by atoms with Gasteiger partial charge in [0.25, 0.3) is 0 Å². The molecule has 3 aromatic heterocycles. The highest BCUT2D eigenvalue weighted by Crippen LogP contribution is 2.49. The van der Waals surface area contributed by atoms with Crippen molar-refractivity contribution in [2.45, 2.75) is 103 Å². The summed E-state index contributed by atoms with van der Waals surface area (Å²) in [6.07, 6.45) is 8.69. The van der Waals surface area contributed by atoms with Crippen molar-refractivity contribution in [2.24, 2.45) is 11.8 Å². The molecule has 10 nitrogen and oxygen atoms in total. The Morgan fingerprint density at radius 2 is 1.89 bits per heavy atom. The number of hydrogen-bond acceptors (Lipinski definition) is 8. The van der Waals surface area contributed by atoms with E-state index in [0.717, 1.165) is 65.2 Å². The van der Waals surface area contributed by atoms with Gasteiger partial charge in [0.1, 0.15) is 29.5 Å². The van der Waals surface area contributed by atoms with Crippen molar-refractivity contribution in [3.63, 3.8) is 0 Å². The van der Waals surface area contributed by atoms with Crippen LogP contribution in [0.2, 0.25) is 0 Å². The van der Waals surface area contributed by atoms with Gasteiger partial charge in [-0.1, -0.05) is 12.1 Å². The first kappa shape index (κ1) is 30.9. The maximum absolute atomic E-state index is 12.6. The highest BCUT2D eigenvalue weighted by Gasteiger charge is 2.54. The van der Waals surface area contributed by atoms with Crippen LogP contribution >= 0.6 is 0 Å². The number of hydrogen-bond donors (Lipinski definition) is 1. The molecule has 1 saturated heterocycles. The van der Waals surface area contributed by atoms with Gasteiger partial charge in [-0.25, -0.2) is 19.7 Å². The number of fused-ring (bicyclic) bond motifs is 3. The normalized spacial score (nSPS) is 24.0. The molecule has 0 spiro atoms. The zero-order valence-electron chi connectivity index (χ0n) is 27.8. The van der Waals surface area contributed by atoms with Crippen molar-refractivity contribution in [3.05, 3.63) is 60.2 Å². The Labute approximate surface area is 270 Å². The smallest absolute Gasteiger partial charge is 0.410 e. The number of nitrogens with zero attached hydrogens (tertiary/aromatic N) is 5. The van der Waals surface area contributed by atoms with Gasteiger partial charge >= 0.3 is 6.09 Å². The van der Waals surface area contributed by atoms with E-state index in [9.17, 15) is 4.79 Å². The predicted octanol–water partition coefficient (Wildman–Crippen LogP) is 6.88. The number of nitrogens with one attached hydrogen (secondary N) is 1. The molecule has 4 atom stereocenters. The van der Waals surface area contributed by atoms with E-state index in [1.165, 1.54) is 18.4 Å². The van der Waals surface area contributed by atoms with Crippen LogP contribution in [0.25, 0.3) is 21.9 Å². The monoisotopic (exact) mass is 626 g/mol. The summed E-state index contributed by atoms with van der Waals surface area (Å²) in [7, 11) is 1.73. The van der Waals surface area contributed by atoms with Crippen molar-refractivity contribution in [2.75, 3.05) is 18.9 Å². The first-order valence-electron chi connectivity index (χ1n) is 16.7. The molecule has 1 amide bonds. The second-order valence-electron chi connectivity index (χ2n) is 14.8. The number of carbonyl (C=O) groups is 1. The molecule has 0 unspecified atom stereocenters. The van der Waals surface area contributed by atoms with Gasteiger partial charge in [-0.2, -0.15) is 0 Å². The van der Waals surface area contributed by atoms with Crippen LogP contribution < -0.4 is 5.32 Å². The maximum Gasteiger partial charge on any atom is 0.410 e. The third kappa shape index (κ3) is 6.55. The summed E-state index contributed by atoms with van der Waals surface area (Å²) in [6, 6.07) is 13.0. The summed E-state index contributed by atoms with van der Waals surface area (Å²) in [5.74, 6) is 1.44. The first-order valence-corrected chi connectivity index (χ1v) is 16.7. The first-order chi connectivity index (χ1) is 21.9. The minimum Gasteiger partial charge on any atom is -0.444 e. The SMILES string of the molecule is CN(Cc1ncnc2c1ccn2[C@@H]1C[C@H](CCc2ccc3ccc(NCC4CC4)nc3c2)[C@H]2OC(C)(C)O[C@H]21)C(=O)OC(C)(C)C. The second kappa shape index (κ2) is 11.8. The fraction of sp³-hybridized carbons (Fsp3) is 0.556. The maximum atomic E-state index is 12.6. The molecule has 0 radical (unpaired) electrons. The molecule has 3 fully saturated rings. The van der Waals surface area contributed by atoms with Crippen molar-refractivity contribution < 1.29 is 19.0 Å². The molecule has 10 heteroatoms. The molecule has 7 rings (SSSR count). The molecule has 2 aliphatic carbocycles. The Bertz CT molecular complexity index is 1740. The van der Waals surface area contributed by atoms with Crippen molar-refractivity contribution in [1.29, 1.82) is 0 Å². The number of rotatable bonds is 9. The van der Waals surface area contributed by atoms with E-state index in [2.05, 4.69) is 51.4 Å². The minimum atomic E-state index is -0.651. The standard InChI is InChI=1S/C36H46N6O4/c1-35(2,3)46-34(43)41(6)20-28-26-15-16-42(33(26)39-21-38-28)29-18-25(31-32(29)45-36(4,5)44-31)12-10-22-9-11-24-13-14-30(40-27(24)17-22)37-19-23-7-8-23/h9,11,13-17,21,23,25,29,31-32H,7-8,10,12,18-20H2,1-6H3,(H,37,40)/t25-,29+,31+,32-/m0/s1. The molecule has 1 aromatic carbocycles. The zero-order valence-corrected chi connectivity index (χ0v) is 27.8. The van der Waals surface area contributed by atoms with Gasteiger partial charge in [-0.15, -0.1) is 0 Å². The minimum absolute atomic E-state index is 0.00568. The summed E-state index contributed by atoms with van der Waals surface area (Å²) < 4.78 is 20.9. The molecule has 46 heavy (non-hydrogen) atoms. The number of aryl methyl sites for hydroxylation is 1. The molecule has 4 heterocycles. The fourth-order valence-corrected chi connectivity index (χ4v) is 7.00. The van der Waals surface area contributed by atoms with Gasteiger partial charge in [0.05, 0.1) is 29.9 Å². The molecule has 0 bridgehead atoms. The van der Waals surface area contributed by atoms with Crippen molar-refractivity contribution >= 4 is 33.8 Å². The number of benzene rings is 1. The summed E-state index contributed by atoms with van der Waals surface area (Å²) in [5, 5.41) is 5.59. The third-order valence-electron chi connectivity index (χ3n) is 9.42. The molecule has 4 aromatic rings. The van der Waals surface area contributed by atoms with Crippen LogP contribution in [-0.4, -0.2) is 67.7 Å². The Morgan fingerprint density at radius 1 is 1.11 bits per heavy atom. The van der Waals surface area contributed by atoms with E-state index in [1.54, 1.807) is 18.3 Å². The molecule has 2 saturated carbocycles. The van der Waals surface area contributed by atoms with Crippen LogP contribution in [0.4, 0.5) is 10.6 Å². The Morgan fingerprint density at radius 3 is 2.67 bits per heavy atom. The quantitative estimate of drug-likeness (QED) is 0.214. The van der Waals surface area contributed by atoms with Crippen LogP contribution in [-0.2, 0) is 27.2 Å². The van der Waals surface area contributed by atoms with Gasteiger partial charge in [0.15, 0.2) is 5.79 Å². The molecular weight excluding hydrogens is 580 g/mol. The molecular formula is C36H46N6O4. The van der Waals surface area contributed by atoms with Crippen LogP contribution in [0.1, 0.15) is 77.6 Å². The summed E-state index contributed by atoms with van der Waals surface area (Å²) >= 11 is 0. The Balaban J connectivity index is 1.08. The Kier molecular flexibility index (Phi) is 7.92. The number of amides is 1. The van der Waals surface area contributed by atoms with Gasteiger partial charge in [-0.3, -0.25) is 0 Å². The van der Waals surface area contributed by atoms with Gasteiger partial charge in [0, 0.05) is 30.6 Å². The molecule has 3 aliphatic rings. The number of aromatic nitrogens is 4. The van der Waals surface area contributed by atoms with Gasteiger partial charge in [0.2, 0.25) is 0 Å². The summed E-state index contributed by atoms with van der Waals surface area (Å²) in [4.78, 5) is 28.4. The van der Waals surface area contributed by atoms with Crippen LogP contribution in [0, 0.1) is 11.8 Å². The highest BCUT2D eigenvalue weighted by molar-refractivity contribution is 5.81. The zero-order chi connectivity index (χ0) is 32.2. The van der Waals surface area contributed by atoms with E-state index in [1.807, 2.05) is 40.7 Å². The van der Waals surface area contributed by atoms with E-state index < -0.39 is 11.4 Å². The highest BCUT2D eigenvalue weighted by atomic mass is 16.8. The average Bonchev–Trinajstić information content (AvgIpc) is 3.52. The van der Waals surface area contributed by atoms with Gasteiger partial charge in [-0.05, 0) is 108 Å². The van der Waals surface area contributed by atoms with E-state index >= 15 is 0 Å². The largest absolute Gasteiger partial charge is 0.444 e. The molecule has 1 N–H and O–H groups in total. The number of anilines is 1.